The van der Waals surface area contributed by atoms with Crippen LogP contribution in [0.1, 0.15) is 24.8 Å². The number of esters is 1. The average molecular weight is 353 g/mol. The molecule has 1 spiro atoms. The number of aryl methyl sites for hydroxylation is 1. The van der Waals surface area contributed by atoms with Crippen molar-refractivity contribution in [1.82, 2.24) is 10.6 Å². The van der Waals surface area contributed by atoms with E-state index in [-0.39, 0.29) is 24.2 Å². The van der Waals surface area contributed by atoms with Gasteiger partial charge in [-0.25, -0.2) is 0 Å². The molecule has 1 aliphatic carbocycles. The van der Waals surface area contributed by atoms with Crippen LogP contribution in [-0.4, -0.2) is 38.6 Å². The molecule has 1 aromatic carbocycles. The van der Waals surface area contributed by atoms with Gasteiger partial charge >= 0.3 is 5.97 Å². The number of halogens is 1. The molecule has 1 saturated carbocycles. The zero-order valence-corrected chi connectivity index (χ0v) is 15.0. The summed E-state index contributed by atoms with van der Waals surface area (Å²) in [6.45, 7) is 4.51. The van der Waals surface area contributed by atoms with Gasteiger partial charge in [-0.3, -0.25) is 9.59 Å². The van der Waals surface area contributed by atoms with E-state index in [1.165, 1.54) is 12.7 Å². The summed E-state index contributed by atoms with van der Waals surface area (Å²) in [5.41, 5.74) is 1.63. The second-order valence-corrected chi connectivity index (χ2v) is 7.06. The first-order valence-corrected chi connectivity index (χ1v) is 8.59. The third kappa shape index (κ3) is 5.21. The summed E-state index contributed by atoms with van der Waals surface area (Å²) < 4.78 is 4.49. The predicted octanol–water partition coefficient (Wildman–Crippen LogP) is 2.31. The Balaban J connectivity index is 0.000000219. The van der Waals surface area contributed by atoms with Crippen LogP contribution in [0.5, 0.6) is 0 Å². The minimum absolute atomic E-state index is 0.0847. The van der Waals surface area contributed by atoms with E-state index in [9.17, 15) is 9.59 Å². The van der Waals surface area contributed by atoms with E-state index in [1.54, 1.807) is 0 Å². The van der Waals surface area contributed by atoms with Gasteiger partial charge in [0.2, 0.25) is 5.91 Å². The van der Waals surface area contributed by atoms with Crippen LogP contribution in [0.2, 0.25) is 5.02 Å². The highest BCUT2D eigenvalue weighted by molar-refractivity contribution is 6.30. The summed E-state index contributed by atoms with van der Waals surface area (Å²) >= 11 is 5.64. The van der Waals surface area contributed by atoms with E-state index >= 15 is 0 Å². The normalized spacial score (nSPS) is 17.8. The predicted molar refractivity (Wildman–Crippen MR) is 93.9 cm³/mol. The van der Waals surface area contributed by atoms with E-state index in [0.29, 0.717) is 12.0 Å². The van der Waals surface area contributed by atoms with Crippen LogP contribution >= 0.6 is 11.6 Å². The average Bonchev–Trinajstić information content (AvgIpc) is 2.44. The third-order valence-corrected chi connectivity index (χ3v) is 4.80. The van der Waals surface area contributed by atoms with E-state index in [1.807, 2.05) is 31.2 Å². The maximum absolute atomic E-state index is 11.6. The molecule has 1 amide bonds. The topological polar surface area (TPSA) is 67.4 Å². The maximum atomic E-state index is 11.6. The van der Waals surface area contributed by atoms with Crippen molar-refractivity contribution in [3.63, 3.8) is 0 Å². The van der Waals surface area contributed by atoms with Crippen LogP contribution in [0.4, 0.5) is 0 Å². The molecule has 6 heteroatoms. The molecule has 1 aliphatic heterocycles. The molecule has 24 heavy (non-hydrogen) atoms. The molecule has 0 radical (unpaired) electrons. The molecule has 0 aromatic heterocycles. The number of carbonyl (C=O) groups is 2. The van der Waals surface area contributed by atoms with Crippen LogP contribution in [0.15, 0.2) is 24.3 Å². The molecule has 1 heterocycles. The first-order chi connectivity index (χ1) is 11.4. The van der Waals surface area contributed by atoms with E-state index in [2.05, 4.69) is 15.4 Å². The van der Waals surface area contributed by atoms with Gasteiger partial charge < -0.3 is 15.4 Å². The zero-order valence-electron chi connectivity index (χ0n) is 14.2. The highest BCUT2D eigenvalue weighted by Gasteiger charge is 2.50. The Kier molecular flexibility index (Phi) is 6.63. The van der Waals surface area contributed by atoms with Crippen LogP contribution < -0.4 is 10.6 Å². The molecule has 132 valence electrons. The summed E-state index contributed by atoms with van der Waals surface area (Å²) in [4.78, 5) is 22.5. The lowest BCUT2D eigenvalue weighted by Crippen LogP contribution is -2.62. The SMILES string of the molecule is COC(=O)CCNC(=O)C1CC2(CNC2)C1.Cc1cccc(Cl)c1. The molecule has 1 aromatic rings. The number of carbonyl (C=O) groups excluding carboxylic acids is 2. The smallest absolute Gasteiger partial charge is 0.307 e. The van der Waals surface area contributed by atoms with Crippen LogP contribution in [0.3, 0.4) is 0 Å². The highest BCUT2D eigenvalue weighted by Crippen LogP contribution is 2.48. The summed E-state index contributed by atoms with van der Waals surface area (Å²) in [7, 11) is 1.35. The number of rotatable bonds is 4. The van der Waals surface area contributed by atoms with Crippen molar-refractivity contribution in [2.24, 2.45) is 11.3 Å². The Morgan fingerprint density at radius 1 is 1.38 bits per heavy atom. The van der Waals surface area contributed by atoms with E-state index < -0.39 is 0 Å². The molecule has 3 rings (SSSR count). The molecule has 5 nitrogen and oxygen atoms in total. The molecule has 1 saturated heterocycles. The molecular formula is C18H25ClN2O3. The van der Waals surface area contributed by atoms with Gasteiger partial charge in [-0.2, -0.15) is 0 Å². The van der Waals surface area contributed by atoms with Crippen molar-refractivity contribution in [2.75, 3.05) is 26.7 Å². The zero-order chi connectivity index (χ0) is 17.6. The highest BCUT2D eigenvalue weighted by atomic mass is 35.5. The molecule has 0 bridgehead atoms. The van der Waals surface area contributed by atoms with Crippen LogP contribution in [0.25, 0.3) is 0 Å². The Hall–Kier alpha value is -1.59. The summed E-state index contributed by atoms with van der Waals surface area (Å²) in [6, 6.07) is 7.76. The molecule has 0 atom stereocenters. The minimum Gasteiger partial charge on any atom is -0.469 e. The Morgan fingerprint density at radius 3 is 2.54 bits per heavy atom. The van der Waals surface area contributed by atoms with Gasteiger partial charge in [0.05, 0.1) is 13.5 Å². The van der Waals surface area contributed by atoms with Gasteiger partial charge in [0.15, 0.2) is 0 Å². The number of benzene rings is 1. The fourth-order valence-electron chi connectivity index (χ4n) is 3.08. The standard InChI is InChI=1S/C11H18N2O3.C7H7Cl/c1-16-9(14)2-3-13-10(15)8-4-11(5-8)6-12-7-11;1-6-3-2-4-7(8)5-6/h8,12H,2-7H2,1H3,(H,13,15);2-5H,1H3. The van der Waals surface area contributed by atoms with E-state index in [0.717, 1.165) is 31.0 Å². The minimum atomic E-state index is -0.284. The monoisotopic (exact) mass is 352 g/mol. The number of amides is 1. The van der Waals surface area contributed by atoms with Crippen molar-refractivity contribution in [3.8, 4) is 0 Å². The van der Waals surface area contributed by atoms with Crippen molar-refractivity contribution in [1.29, 1.82) is 0 Å². The Labute approximate surface area is 148 Å². The number of methoxy groups -OCH3 is 1. The number of hydrogen-bond donors (Lipinski definition) is 2. The second kappa shape index (κ2) is 8.49. The van der Waals surface area contributed by atoms with Gasteiger partial charge in [0.1, 0.15) is 0 Å². The first kappa shape index (κ1) is 18.7. The summed E-state index contributed by atoms with van der Waals surface area (Å²) in [6.07, 6.45) is 2.23. The van der Waals surface area contributed by atoms with Gasteiger partial charge in [-0.1, -0.05) is 23.7 Å². The lowest BCUT2D eigenvalue weighted by Gasteiger charge is -2.53. The van der Waals surface area contributed by atoms with Crippen LogP contribution in [0, 0.1) is 18.3 Å². The van der Waals surface area contributed by atoms with Crippen molar-refractivity contribution < 1.29 is 14.3 Å². The maximum Gasteiger partial charge on any atom is 0.307 e. The van der Waals surface area contributed by atoms with E-state index in [4.69, 9.17) is 11.6 Å². The number of hydrogen-bond acceptors (Lipinski definition) is 4. The largest absolute Gasteiger partial charge is 0.469 e. The van der Waals surface area contributed by atoms with Gasteiger partial charge in [-0.15, -0.1) is 0 Å². The molecular weight excluding hydrogens is 328 g/mol. The quantitative estimate of drug-likeness (QED) is 0.816. The van der Waals surface area contributed by atoms with Gasteiger partial charge in [-0.05, 0) is 42.9 Å². The lowest BCUT2D eigenvalue weighted by molar-refractivity contribution is -0.140. The lowest BCUT2D eigenvalue weighted by atomic mass is 9.58. The van der Waals surface area contributed by atoms with Gasteiger partial charge in [0.25, 0.3) is 0 Å². The van der Waals surface area contributed by atoms with Crippen molar-refractivity contribution >= 4 is 23.5 Å². The van der Waals surface area contributed by atoms with Crippen molar-refractivity contribution in [2.45, 2.75) is 26.2 Å². The Morgan fingerprint density at radius 2 is 2.08 bits per heavy atom. The fraction of sp³-hybridized carbons (Fsp3) is 0.556. The molecule has 2 fully saturated rings. The number of ether oxygens (including phenoxy) is 1. The molecule has 2 N–H and O–H groups in total. The van der Waals surface area contributed by atoms with Crippen LogP contribution in [-0.2, 0) is 14.3 Å². The third-order valence-electron chi connectivity index (χ3n) is 4.57. The number of nitrogens with one attached hydrogen (secondary N) is 2. The first-order valence-electron chi connectivity index (χ1n) is 8.21. The Bertz CT molecular complexity index is 562. The summed E-state index contributed by atoms with van der Waals surface area (Å²) in [5.74, 6) is -0.0465. The van der Waals surface area contributed by atoms with Gasteiger partial charge in [0, 0.05) is 30.6 Å². The molecule has 2 aliphatic rings. The fourth-order valence-corrected chi connectivity index (χ4v) is 3.32. The second-order valence-electron chi connectivity index (χ2n) is 6.62. The van der Waals surface area contributed by atoms with Crippen molar-refractivity contribution in [3.05, 3.63) is 34.9 Å². The molecule has 0 unspecified atom stereocenters. The summed E-state index contributed by atoms with van der Waals surface area (Å²) in [5, 5.41) is 6.82.